The van der Waals surface area contributed by atoms with Crippen molar-refractivity contribution >= 4 is 34.5 Å². The molecule has 1 aromatic carbocycles. The first-order valence-electron chi connectivity index (χ1n) is 5.32. The summed E-state index contributed by atoms with van der Waals surface area (Å²) in [6.07, 6.45) is 0. The molecule has 0 aliphatic rings. The Kier molecular flexibility index (Phi) is 3.96. The molecule has 2 aromatic rings. The molecule has 18 heavy (non-hydrogen) atoms. The van der Waals surface area contributed by atoms with Gasteiger partial charge in [0, 0.05) is 11.9 Å². The maximum absolute atomic E-state index is 11.9. The number of nitrogens with one attached hydrogen (secondary N) is 1. The van der Waals surface area contributed by atoms with Crippen LogP contribution in [0.5, 0.6) is 0 Å². The largest absolute Gasteiger partial charge is 0.325 e. The van der Waals surface area contributed by atoms with E-state index in [0.717, 1.165) is 10.6 Å². The van der Waals surface area contributed by atoms with E-state index in [-0.39, 0.29) is 5.91 Å². The fourth-order valence-corrected chi connectivity index (χ4v) is 2.35. The van der Waals surface area contributed by atoms with Crippen molar-refractivity contribution in [2.45, 2.75) is 13.5 Å². The standard InChI is InChI=1S/C12H12ClN3OS/c1-7-2-3-9(8(13)4-7)16-12(17)10-6-18-11(5-14)15-10/h2-4,6H,5,14H2,1H3,(H,16,17). The van der Waals surface area contributed by atoms with Gasteiger partial charge in [-0.2, -0.15) is 0 Å². The lowest BCUT2D eigenvalue weighted by molar-refractivity contribution is 0.102. The molecule has 0 unspecified atom stereocenters. The van der Waals surface area contributed by atoms with Crippen LogP contribution in [-0.2, 0) is 6.54 Å². The summed E-state index contributed by atoms with van der Waals surface area (Å²) < 4.78 is 0. The fourth-order valence-electron chi connectivity index (χ4n) is 1.42. The maximum Gasteiger partial charge on any atom is 0.275 e. The molecule has 0 spiro atoms. The summed E-state index contributed by atoms with van der Waals surface area (Å²) in [6.45, 7) is 2.27. The Bertz CT molecular complexity index is 582. The molecule has 1 aromatic heterocycles. The van der Waals surface area contributed by atoms with Crippen LogP contribution in [-0.4, -0.2) is 10.9 Å². The summed E-state index contributed by atoms with van der Waals surface area (Å²) in [5.74, 6) is -0.281. The van der Waals surface area contributed by atoms with E-state index in [4.69, 9.17) is 17.3 Å². The van der Waals surface area contributed by atoms with Crippen LogP contribution in [0.15, 0.2) is 23.6 Å². The number of thiazole rings is 1. The van der Waals surface area contributed by atoms with E-state index in [2.05, 4.69) is 10.3 Å². The van der Waals surface area contributed by atoms with Gasteiger partial charge in [0.15, 0.2) is 0 Å². The smallest absolute Gasteiger partial charge is 0.275 e. The number of hydrogen-bond acceptors (Lipinski definition) is 4. The van der Waals surface area contributed by atoms with Gasteiger partial charge in [0.1, 0.15) is 10.7 Å². The summed E-state index contributed by atoms with van der Waals surface area (Å²) in [7, 11) is 0. The van der Waals surface area contributed by atoms with E-state index in [0.29, 0.717) is 22.9 Å². The topological polar surface area (TPSA) is 68.0 Å². The summed E-state index contributed by atoms with van der Waals surface area (Å²) >= 11 is 7.41. The van der Waals surface area contributed by atoms with Crippen LogP contribution in [0.1, 0.15) is 21.1 Å². The molecule has 2 rings (SSSR count). The molecule has 0 saturated heterocycles. The molecular weight excluding hydrogens is 270 g/mol. The minimum atomic E-state index is -0.281. The Balaban J connectivity index is 2.16. The second kappa shape index (κ2) is 5.48. The SMILES string of the molecule is Cc1ccc(NC(=O)c2csc(CN)n2)c(Cl)c1. The summed E-state index contributed by atoms with van der Waals surface area (Å²) in [6, 6.07) is 5.45. The number of aromatic nitrogens is 1. The van der Waals surface area contributed by atoms with E-state index in [1.165, 1.54) is 11.3 Å². The number of nitrogens with zero attached hydrogens (tertiary/aromatic N) is 1. The predicted octanol–water partition coefficient (Wildman–Crippen LogP) is 2.82. The van der Waals surface area contributed by atoms with Gasteiger partial charge in [0.05, 0.1) is 10.7 Å². The van der Waals surface area contributed by atoms with Crippen LogP contribution in [0.3, 0.4) is 0 Å². The number of hydrogen-bond donors (Lipinski definition) is 2. The summed E-state index contributed by atoms with van der Waals surface area (Å²) in [5, 5.41) is 5.65. The van der Waals surface area contributed by atoms with E-state index in [1.54, 1.807) is 17.5 Å². The average Bonchev–Trinajstić information content (AvgIpc) is 2.81. The maximum atomic E-state index is 11.9. The van der Waals surface area contributed by atoms with Crippen LogP contribution < -0.4 is 11.1 Å². The van der Waals surface area contributed by atoms with Crippen LogP contribution >= 0.6 is 22.9 Å². The Morgan fingerprint density at radius 3 is 2.94 bits per heavy atom. The minimum absolute atomic E-state index is 0.281. The molecular formula is C12H12ClN3OS. The third-order valence-corrected chi connectivity index (χ3v) is 3.52. The molecule has 0 radical (unpaired) electrons. The minimum Gasteiger partial charge on any atom is -0.325 e. The number of rotatable bonds is 3. The second-order valence-electron chi connectivity index (χ2n) is 3.77. The third kappa shape index (κ3) is 2.87. The lowest BCUT2D eigenvalue weighted by atomic mass is 10.2. The van der Waals surface area contributed by atoms with Crippen molar-refractivity contribution in [3.8, 4) is 0 Å². The Hall–Kier alpha value is -1.43. The molecule has 0 bridgehead atoms. The zero-order valence-corrected chi connectivity index (χ0v) is 11.3. The van der Waals surface area contributed by atoms with Gasteiger partial charge in [-0.1, -0.05) is 17.7 Å². The van der Waals surface area contributed by atoms with Crippen LogP contribution in [0.25, 0.3) is 0 Å². The molecule has 0 fully saturated rings. The van der Waals surface area contributed by atoms with Gasteiger partial charge in [-0.05, 0) is 24.6 Å². The number of amides is 1. The first kappa shape index (κ1) is 13.0. The number of carbonyl (C=O) groups excluding carboxylic acids is 1. The Morgan fingerprint density at radius 1 is 1.56 bits per heavy atom. The highest BCUT2D eigenvalue weighted by Gasteiger charge is 2.12. The highest BCUT2D eigenvalue weighted by molar-refractivity contribution is 7.09. The average molecular weight is 282 g/mol. The van der Waals surface area contributed by atoms with Crippen LogP contribution in [0.2, 0.25) is 5.02 Å². The molecule has 1 heterocycles. The number of nitrogens with two attached hydrogens (primary N) is 1. The van der Waals surface area contributed by atoms with Crippen molar-refractivity contribution in [1.29, 1.82) is 0 Å². The summed E-state index contributed by atoms with van der Waals surface area (Å²) in [5.41, 5.74) is 7.43. The van der Waals surface area contributed by atoms with Crippen molar-refractivity contribution in [3.63, 3.8) is 0 Å². The number of benzene rings is 1. The van der Waals surface area contributed by atoms with Crippen LogP contribution in [0, 0.1) is 6.92 Å². The molecule has 0 atom stereocenters. The molecule has 1 amide bonds. The quantitative estimate of drug-likeness (QED) is 0.909. The highest BCUT2D eigenvalue weighted by Crippen LogP contribution is 2.23. The third-order valence-electron chi connectivity index (χ3n) is 2.33. The van der Waals surface area contributed by atoms with Gasteiger partial charge in [0.2, 0.25) is 0 Å². The molecule has 0 saturated carbocycles. The van der Waals surface area contributed by atoms with Crippen molar-refractivity contribution in [2.24, 2.45) is 5.73 Å². The fraction of sp³-hybridized carbons (Fsp3) is 0.167. The lowest BCUT2D eigenvalue weighted by Crippen LogP contribution is -2.13. The van der Waals surface area contributed by atoms with Crippen molar-refractivity contribution < 1.29 is 4.79 Å². The zero-order valence-electron chi connectivity index (χ0n) is 9.74. The number of halogens is 1. The lowest BCUT2D eigenvalue weighted by Gasteiger charge is -2.06. The molecule has 0 aliphatic heterocycles. The van der Waals surface area contributed by atoms with Gasteiger partial charge < -0.3 is 11.1 Å². The molecule has 0 aliphatic carbocycles. The first-order chi connectivity index (χ1) is 8.60. The number of aryl methyl sites for hydroxylation is 1. The van der Waals surface area contributed by atoms with E-state index in [1.807, 2.05) is 13.0 Å². The molecule has 94 valence electrons. The van der Waals surface area contributed by atoms with Gasteiger partial charge >= 0.3 is 0 Å². The Labute approximate surface area is 114 Å². The number of carbonyl (C=O) groups is 1. The van der Waals surface area contributed by atoms with E-state index < -0.39 is 0 Å². The van der Waals surface area contributed by atoms with Gasteiger partial charge in [-0.25, -0.2) is 4.98 Å². The van der Waals surface area contributed by atoms with Crippen molar-refractivity contribution in [3.05, 3.63) is 44.9 Å². The number of anilines is 1. The predicted molar refractivity (Wildman–Crippen MR) is 74.1 cm³/mol. The van der Waals surface area contributed by atoms with Gasteiger partial charge in [0.25, 0.3) is 5.91 Å². The van der Waals surface area contributed by atoms with Crippen LogP contribution in [0.4, 0.5) is 5.69 Å². The second-order valence-corrected chi connectivity index (χ2v) is 5.12. The van der Waals surface area contributed by atoms with E-state index >= 15 is 0 Å². The van der Waals surface area contributed by atoms with Crippen molar-refractivity contribution in [1.82, 2.24) is 4.98 Å². The molecule has 4 nitrogen and oxygen atoms in total. The van der Waals surface area contributed by atoms with Gasteiger partial charge in [-0.3, -0.25) is 4.79 Å². The van der Waals surface area contributed by atoms with Crippen molar-refractivity contribution in [2.75, 3.05) is 5.32 Å². The summed E-state index contributed by atoms with van der Waals surface area (Å²) in [4.78, 5) is 16.0. The highest BCUT2D eigenvalue weighted by atomic mass is 35.5. The zero-order chi connectivity index (χ0) is 13.1. The molecule has 3 N–H and O–H groups in total. The normalized spacial score (nSPS) is 10.4. The Morgan fingerprint density at radius 2 is 2.33 bits per heavy atom. The monoisotopic (exact) mass is 281 g/mol. The first-order valence-corrected chi connectivity index (χ1v) is 6.58. The van der Waals surface area contributed by atoms with Gasteiger partial charge in [-0.15, -0.1) is 11.3 Å². The van der Waals surface area contributed by atoms with E-state index in [9.17, 15) is 4.79 Å². The molecule has 6 heteroatoms.